The molecule has 9 heteroatoms. The molecule has 0 spiro atoms. The summed E-state index contributed by atoms with van der Waals surface area (Å²) in [5.41, 5.74) is 0.434. The van der Waals surface area contributed by atoms with Gasteiger partial charge in [-0.1, -0.05) is 0 Å². The van der Waals surface area contributed by atoms with Crippen molar-refractivity contribution in [2.24, 2.45) is 0 Å². The van der Waals surface area contributed by atoms with E-state index in [0.717, 1.165) is 0 Å². The predicted molar refractivity (Wildman–Crippen MR) is 81.4 cm³/mol. The maximum atomic E-state index is 12.2. The average Bonchev–Trinajstić information content (AvgIpc) is 3.25. The highest BCUT2D eigenvalue weighted by Crippen LogP contribution is 2.42. The molecule has 3 N–H and O–H groups in total. The zero-order valence-electron chi connectivity index (χ0n) is 12.3. The Morgan fingerprint density at radius 2 is 1.96 bits per heavy atom. The van der Waals surface area contributed by atoms with Crippen LogP contribution in [0.25, 0.3) is 0 Å². The summed E-state index contributed by atoms with van der Waals surface area (Å²) in [6.07, 6.45) is 1.02. The normalized spacial score (nSPS) is 19.0. The number of benzene rings is 1. The first kappa shape index (κ1) is 15.5. The first-order valence-electron chi connectivity index (χ1n) is 7.01. The molecule has 0 aromatic heterocycles. The predicted octanol–water partition coefficient (Wildman–Crippen LogP) is -0.0194. The highest BCUT2D eigenvalue weighted by atomic mass is 32.2. The summed E-state index contributed by atoms with van der Waals surface area (Å²) in [5, 5.41) is 4.92. The van der Waals surface area contributed by atoms with Crippen LogP contribution in [0.2, 0.25) is 0 Å². The fourth-order valence-electron chi connectivity index (χ4n) is 2.19. The molecule has 1 aliphatic heterocycles. The number of anilines is 1. The van der Waals surface area contributed by atoms with Gasteiger partial charge in [0.1, 0.15) is 0 Å². The lowest BCUT2D eigenvalue weighted by atomic mass is 10.1. The topological polar surface area (TPSA) is 121 Å². The van der Waals surface area contributed by atoms with Crippen LogP contribution in [0.5, 0.6) is 0 Å². The molecule has 0 saturated heterocycles. The first-order valence-corrected chi connectivity index (χ1v) is 8.49. The molecule has 3 amide bonds. The monoisotopic (exact) mass is 337 g/mol. The number of fused-ring (bicyclic) bond motifs is 1. The molecule has 0 unspecified atom stereocenters. The molecule has 1 aliphatic carbocycles. The smallest absolute Gasteiger partial charge is 0.264 e. The lowest BCUT2D eigenvalue weighted by Crippen LogP contribution is -2.38. The van der Waals surface area contributed by atoms with Crippen molar-refractivity contribution in [1.29, 1.82) is 0 Å². The second-order valence-electron chi connectivity index (χ2n) is 5.88. The Balaban J connectivity index is 1.88. The van der Waals surface area contributed by atoms with Crippen molar-refractivity contribution < 1.29 is 22.8 Å². The summed E-state index contributed by atoms with van der Waals surface area (Å²) in [5.74, 6) is -1.66. The van der Waals surface area contributed by atoms with Gasteiger partial charge in [-0.2, -0.15) is 0 Å². The summed E-state index contributed by atoms with van der Waals surface area (Å²) in [6.45, 7) is 1.41. The third kappa shape index (κ3) is 2.79. The Morgan fingerprint density at radius 3 is 2.61 bits per heavy atom. The highest BCUT2D eigenvalue weighted by molar-refractivity contribution is 7.91. The van der Waals surface area contributed by atoms with E-state index < -0.39 is 32.5 Å². The molecule has 0 atom stereocenters. The van der Waals surface area contributed by atoms with Crippen molar-refractivity contribution in [1.82, 2.24) is 10.0 Å². The van der Waals surface area contributed by atoms with Gasteiger partial charge in [-0.25, -0.2) is 13.1 Å². The van der Waals surface area contributed by atoms with E-state index in [1.165, 1.54) is 18.2 Å². The third-order valence-electron chi connectivity index (χ3n) is 4.04. The van der Waals surface area contributed by atoms with E-state index in [9.17, 15) is 22.8 Å². The lowest BCUT2D eigenvalue weighted by molar-refractivity contribution is -0.115. The molecule has 23 heavy (non-hydrogen) atoms. The van der Waals surface area contributed by atoms with Crippen LogP contribution in [-0.2, 0) is 14.8 Å². The van der Waals surface area contributed by atoms with Crippen molar-refractivity contribution in [3.8, 4) is 0 Å². The van der Waals surface area contributed by atoms with Crippen molar-refractivity contribution in [3.05, 3.63) is 29.3 Å². The van der Waals surface area contributed by atoms with E-state index in [1.807, 2.05) is 4.72 Å². The number of sulfonamides is 1. The van der Waals surface area contributed by atoms with Gasteiger partial charge in [0, 0.05) is 5.56 Å². The third-order valence-corrected chi connectivity index (χ3v) is 6.20. The van der Waals surface area contributed by atoms with Crippen LogP contribution in [0.15, 0.2) is 18.2 Å². The molecule has 8 nitrogen and oxygen atoms in total. The van der Waals surface area contributed by atoms with Crippen LogP contribution in [0.3, 0.4) is 0 Å². The average molecular weight is 337 g/mol. The fraction of sp³-hybridized carbons (Fsp3) is 0.357. The maximum Gasteiger partial charge on any atom is 0.264 e. The molecular formula is C14H15N3O5S. The summed E-state index contributed by atoms with van der Waals surface area (Å²) in [7, 11) is -3.75. The SMILES string of the molecule is CC1(S(=O)(=O)NC(=O)c2ccc3c(c2)NC(=O)CNC3=O)CC1. The number of rotatable bonds is 3. The van der Waals surface area contributed by atoms with E-state index >= 15 is 0 Å². The molecule has 1 heterocycles. The van der Waals surface area contributed by atoms with Crippen molar-refractivity contribution in [3.63, 3.8) is 0 Å². The number of carbonyl (C=O) groups is 3. The fourth-order valence-corrected chi connectivity index (χ4v) is 3.43. The van der Waals surface area contributed by atoms with Crippen LogP contribution in [0, 0.1) is 0 Å². The molecule has 1 fully saturated rings. The van der Waals surface area contributed by atoms with E-state index in [1.54, 1.807) is 6.92 Å². The second kappa shape index (κ2) is 5.05. The van der Waals surface area contributed by atoms with Gasteiger partial charge in [0.05, 0.1) is 22.5 Å². The maximum absolute atomic E-state index is 12.2. The zero-order chi connectivity index (χ0) is 16.8. The number of carbonyl (C=O) groups excluding carboxylic acids is 3. The largest absolute Gasteiger partial charge is 0.343 e. The van der Waals surface area contributed by atoms with Crippen molar-refractivity contribution >= 4 is 33.4 Å². The molecule has 2 aliphatic rings. The number of nitrogens with one attached hydrogen (secondary N) is 3. The molecule has 1 aromatic rings. The van der Waals surface area contributed by atoms with E-state index in [4.69, 9.17) is 0 Å². The summed E-state index contributed by atoms with van der Waals surface area (Å²) in [6, 6.07) is 4.00. The van der Waals surface area contributed by atoms with Gasteiger partial charge in [0.25, 0.3) is 11.8 Å². The zero-order valence-corrected chi connectivity index (χ0v) is 13.1. The summed E-state index contributed by atoms with van der Waals surface area (Å²) < 4.78 is 25.3. The molecular weight excluding hydrogens is 322 g/mol. The van der Waals surface area contributed by atoms with Gasteiger partial charge in [-0.05, 0) is 38.0 Å². The van der Waals surface area contributed by atoms with Crippen LogP contribution in [-0.4, -0.2) is 37.4 Å². The van der Waals surface area contributed by atoms with Gasteiger partial charge in [-0.15, -0.1) is 0 Å². The summed E-state index contributed by atoms with van der Waals surface area (Å²) in [4.78, 5) is 35.5. The van der Waals surface area contributed by atoms with Crippen LogP contribution in [0.4, 0.5) is 5.69 Å². The van der Waals surface area contributed by atoms with Gasteiger partial charge in [0.15, 0.2) is 0 Å². The Hall–Kier alpha value is -2.42. The van der Waals surface area contributed by atoms with Gasteiger partial charge in [0.2, 0.25) is 15.9 Å². The molecule has 122 valence electrons. The Morgan fingerprint density at radius 1 is 1.26 bits per heavy atom. The van der Waals surface area contributed by atoms with Gasteiger partial charge in [-0.3, -0.25) is 14.4 Å². The van der Waals surface area contributed by atoms with Crippen molar-refractivity contribution in [2.75, 3.05) is 11.9 Å². The number of hydrogen-bond acceptors (Lipinski definition) is 5. The van der Waals surface area contributed by atoms with Crippen LogP contribution >= 0.6 is 0 Å². The van der Waals surface area contributed by atoms with Crippen LogP contribution < -0.4 is 15.4 Å². The molecule has 0 radical (unpaired) electrons. The van der Waals surface area contributed by atoms with E-state index in [-0.39, 0.29) is 23.4 Å². The Labute approximate surface area is 132 Å². The minimum Gasteiger partial charge on any atom is -0.343 e. The second-order valence-corrected chi connectivity index (χ2v) is 8.07. The Bertz CT molecular complexity index is 827. The van der Waals surface area contributed by atoms with E-state index in [0.29, 0.717) is 12.8 Å². The minimum absolute atomic E-state index is 0.0478. The number of hydrogen-bond donors (Lipinski definition) is 3. The first-order chi connectivity index (χ1) is 10.7. The van der Waals surface area contributed by atoms with Crippen molar-refractivity contribution in [2.45, 2.75) is 24.5 Å². The van der Waals surface area contributed by atoms with Gasteiger partial charge >= 0.3 is 0 Å². The van der Waals surface area contributed by atoms with E-state index in [2.05, 4.69) is 10.6 Å². The van der Waals surface area contributed by atoms with Gasteiger partial charge < -0.3 is 10.6 Å². The number of amides is 3. The lowest BCUT2D eigenvalue weighted by Gasteiger charge is -2.13. The highest BCUT2D eigenvalue weighted by Gasteiger charge is 2.50. The standard InChI is InChI=1S/C14H15N3O5S/c1-14(4-5-14)23(21,22)17-12(19)8-2-3-9-10(6-8)16-11(18)7-15-13(9)20/h2-3,6H,4-5,7H2,1H3,(H,15,20)(H,16,18)(H,17,19). The summed E-state index contributed by atoms with van der Waals surface area (Å²) >= 11 is 0. The molecule has 3 rings (SSSR count). The quantitative estimate of drug-likeness (QED) is 0.716. The Kier molecular flexibility index (Phi) is 3.40. The minimum atomic E-state index is -3.75. The molecule has 1 aromatic carbocycles. The van der Waals surface area contributed by atoms with Crippen LogP contribution in [0.1, 0.15) is 40.5 Å². The molecule has 1 saturated carbocycles. The molecule has 0 bridgehead atoms.